The predicted molar refractivity (Wildman–Crippen MR) is 82.4 cm³/mol. The van der Waals surface area contributed by atoms with Gasteiger partial charge in [0.1, 0.15) is 5.82 Å². The summed E-state index contributed by atoms with van der Waals surface area (Å²) in [6.07, 6.45) is 3.32. The van der Waals surface area contributed by atoms with Gasteiger partial charge in [0.15, 0.2) is 0 Å². The molecule has 0 radical (unpaired) electrons. The minimum absolute atomic E-state index is 0.783. The average molecular weight is 261 g/mol. The van der Waals surface area contributed by atoms with Gasteiger partial charge in [-0.3, -0.25) is 0 Å². The number of aromatic nitrogens is 1. The van der Waals surface area contributed by atoms with Crippen LogP contribution in [0.3, 0.4) is 0 Å². The Kier molecular flexibility index (Phi) is 4.31. The highest BCUT2D eigenvalue weighted by Crippen LogP contribution is 2.19. The molecule has 3 nitrogen and oxygen atoms in total. The number of fused-ring (bicyclic) bond motifs is 1. The molecule has 0 saturated heterocycles. The van der Waals surface area contributed by atoms with Gasteiger partial charge in [0, 0.05) is 24.7 Å². The van der Waals surface area contributed by atoms with Crippen LogP contribution in [0, 0.1) is 0 Å². The Morgan fingerprint density at radius 3 is 2.89 bits per heavy atom. The van der Waals surface area contributed by atoms with Crippen LogP contribution in [-0.2, 0) is 0 Å². The maximum absolute atomic E-state index is 5.76. The molecule has 0 saturated carbocycles. The molecular weight excluding hydrogens is 242 g/mol. The van der Waals surface area contributed by atoms with Crippen molar-refractivity contribution in [3.63, 3.8) is 0 Å². The fraction of sp³-hybridized carbons (Fsp3) is 0.357. The van der Waals surface area contributed by atoms with Gasteiger partial charge in [0.25, 0.3) is 0 Å². The first-order valence-electron chi connectivity index (χ1n) is 6.07. The summed E-state index contributed by atoms with van der Waals surface area (Å²) in [5, 5.41) is 1.09. The normalized spacial score (nSPS) is 10.8. The standard InChI is InChI=1S/C14H19N3S/c1-17(8-3-9-18-2)14-7-4-11-10-12(15)5-6-13(11)16-14/h4-7,10H,3,8-9,15H2,1-2H3. The molecule has 0 aliphatic rings. The number of benzene rings is 1. The topological polar surface area (TPSA) is 42.1 Å². The van der Waals surface area contributed by atoms with Crippen LogP contribution in [0.2, 0.25) is 0 Å². The van der Waals surface area contributed by atoms with Gasteiger partial charge in [-0.2, -0.15) is 11.8 Å². The highest BCUT2D eigenvalue weighted by molar-refractivity contribution is 7.98. The number of thioether (sulfide) groups is 1. The largest absolute Gasteiger partial charge is 0.399 e. The van der Waals surface area contributed by atoms with E-state index in [9.17, 15) is 0 Å². The molecule has 1 aromatic carbocycles. The van der Waals surface area contributed by atoms with Gasteiger partial charge in [0.05, 0.1) is 5.52 Å². The van der Waals surface area contributed by atoms with Crippen LogP contribution in [0.25, 0.3) is 10.9 Å². The molecule has 2 rings (SSSR count). The van der Waals surface area contributed by atoms with Gasteiger partial charge in [-0.25, -0.2) is 4.98 Å². The molecule has 1 heterocycles. The maximum Gasteiger partial charge on any atom is 0.128 e. The van der Waals surface area contributed by atoms with E-state index >= 15 is 0 Å². The van der Waals surface area contributed by atoms with Crippen molar-refractivity contribution < 1.29 is 0 Å². The molecule has 0 aliphatic heterocycles. The van der Waals surface area contributed by atoms with Gasteiger partial charge in [-0.05, 0) is 48.8 Å². The van der Waals surface area contributed by atoms with Crippen molar-refractivity contribution in [3.8, 4) is 0 Å². The maximum atomic E-state index is 5.76. The number of pyridine rings is 1. The van der Waals surface area contributed by atoms with Crippen LogP contribution < -0.4 is 10.6 Å². The zero-order valence-corrected chi connectivity index (χ0v) is 11.7. The second-order valence-electron chi connectivity index (χ2n) is 4.39. The van der Waals surface area contributed by atoms with Crippen LogP contribution >= 0.6 is 11.8 Å². The number of nitrogen functional groups attached to an aromatic ring is 1. The van der Waals surface area contributed by atoms with Crippen LogP contribution in [-0.4, -0.2) is 30.6 Å². The molecule has 4 heteroatoms. The Bertz CT molecular complexity index is 527. The summed E-state index contributed by atoms with van der Waals surface area (Å²) < 4.78 is 0. The summed E-state index contributed by atoms with van der Waals surface area (Å²) in [5.74, 6) is 2.21. The van der Waals surface area contributed by atoms with Gasteiger partial charge in [-0.15, -0.1) is 0 Å². The fourth-order valence-electron chi connectivity index (χ4n) is 1.91. The van der Waals surface area contributed by atoms with E-state index in [0.717, 1.165) is 29.0 Å². The summed E-state index contributed by atoms with van der Waals surface area (Å²) in [4.78, 5) is 6.86. The summed E-state index contributed by atoms with van der Waals surface area (Å²) in [6, 6.07) is 9.97. The fourth-order valence-corrected chi connectivity index (χ4v) is 2.32. The first-order valence-corrected chi connectivity index (χ1v) is 7.46. The molecule has 0 fully saturated rings. The van der Waals surface area contributed by atoms with Crippen molar-refractivity contribution in [2.75, 3.05) is 36.2 Å². The molecule has 0 atom stereocenters. The lowest BCUT2D eigenvalue weighted by Gasteiger charge is -2.18. The number of nitrogens with two attached hydrogens (primary N) is 1. The molecule has 0 aliphatic carbocycles. The minimum atomic E-state index is 0.783. The third-order valence-electron chi connectivity index (χ3n) is 2.93. The zero-order chi connectivity index (χ0) is 13.0. The van der Waals surface area contributed by atoms with Crippen molar-refractivity contribution in [2.45, 2.75) is 6.42 Å². The van der Waals surface area contributed by atoms with Gasteiger partial charge >= 0.3 is 0 Å². The van der Waals surface area contributed by atoms with Crippen LogP contribution in [0.1, 0.15) is 6.42 Å². The molecule has 0 amide bonds. The number of rotatable bonds is 5. The number of nitrogens with zero attached hydrogens (tertiary/aromatic N) is 2. The van der Waals surface area contributed by atoms with E-state index in [1.807, 2.05) is 30.0 Å². The van der Waals surface area contributed by atoms with Gasteiger partial charge < -0.3 is 10.6 Å². The Morgan fingerprint density at radius 2 is 2.11 bits per heavy atom. The van der Waals surface area contributed by atoms with E-state index < -0.39 is 0 Å². The van der Waals surface area contributed by atoms with Crippen molar-refractivity contribution in [3.05, 3.63) is 30.3 Å². The van der Waals surface area contributed by atoms with Crippen LogP contribution in [0.5, 0.6) is 0 Å². The van der Waals surface area contributed by atoms with Crippen molar-refractivity contribution >= 4 is 34.2 Å². The van der Waals surface area contributed by atoms with Crippen molar-refractivity contribution in [2.24, 2.45) is 0 Å². The van der Waals surface area contributed by atoms with Crippen LogP contribution in [0.4, 0.5) is 11.5 Å². The third-order valence-corrected chi connectivity index (χ3v) is 3.63. The van der Waals surface area contributed by atoms with Crippen molar-refractivity contribution in [1.82, 2.24) is 4.98 Å². The molecular formula is C14H19N3S. The summed E-state index contributed by atoms with van der Waals surface area (Å²) in [6.45, 7) is 1.04. The van der Waals surface area contributed by atoms with E-state index in [4.69, 9.17) is 5.73 Å². The smallest absolute Gasteiger partial charge is 0.128 e. The Hall–Kier alpha value is -1.42. The SMILES string of the molecule is CSCCCN(C)c1ccc2cc(N)ccc2n1. The number of hydrogen-bond acceptors (Lipinski definition) is 4. The van der Waals surface area contributed by atoms with Crippen molar-refractivity contribution in [1.29, 1.82) is 0 Å². The Morgan fingerprint density at radius 1 is 1.28 bits per heavy atom. The van der Waals surface area contributed by atoms with E-state index in [-0.39, 0.29) is 0 Å². The van der Waals surface area contributed by atoms with E-state index in [2.05, 4.69) is 35.3 Å². The molecule has 0 unspecified atom stereocenters. The first kappa shape index (κ1) is 13.0. The monoisotopic (exact) mass is 261 g/mol. The summed E-state index contributed by atoms with van der Waals surface area (Å²) in [5.41, 5.74) is 7.54. The minimum Gasteiger partial charge on any atom is -0.399 e. The Balaban J connectivity index is 2.16. The number of hydrogen-bond donors (Lipinski definition) is 1. The molecule has 2 aromatic rings. The average Bonchev–Trinajstić information content (AvgIpc) is 2.38. The Labute approximate surface area is 112 Å². The lowest BCUT2D eigenvalue weighted by atomic mass is 10.2. The third kappa shape index (κ3) is 3.07. The highest BCUT2D eigenvalue weighted by Gasteiger charge is 2.03. The molecule has 1 aromatic heterocycles. The highest BCUT2D eigenvalue weighted by atomic mass is 32.2. The lowest BCUT2D eigenvalue weighted by Crippen LogP contribution is -2.20. The second kappa shape index (κ2) is 5.96. The number of anilines is 2. The molecule has 0 spiro atoms. The first-order chi connectivity index (χ1) is 8.70. The quantitative estimate of drug-likeness (QED) is 0.663. The van der Waals surface area contributed by atoms with E-state index in [1.54, 1.807) is 0 Å². The molecule has 0 bridgehead atoms. The van der Waals surface area contributed by atoms with E-state index in [1.165, 1.54) is 12.2 Å². The molecule has 96 valence electrons. The molecule has 2 N–H and O–H groups in total. The lowest BCUT2D eigenvalue weighted by molar-refractivity contribution is 0.847. The molecule has 18 heavy (non-hydrogen) atoms. The van der Waals surface area contributed by atoms with E-state index in [0.29, 0.717) is 0 Å². The second-order valence-corrected chi connectivity index (χ2v) is 5.38. The summed E-state index contributed by atoms with van der Waals surface area (Å²) in [7, 11) is 2.09. The zero-order valence-electron chi connectivity index (χ0n) is 10.9. The summed E-state index contributed by atoms with van der Waals surface area (Å²) >= 11 is 1.88. The predicted octanol–water partition coefficient (Wildman–Crippen LogP) is 3.01. The van der Waals surface area contributed by atoms with Gasteiger partial charge in [-0.1, -0.05) is 0 Å². The van der Waals surface area contributed by atoms with Gasteiger partial charge in [0.2, 0.25) is 0 Å². The van der Waals surface area contributed by atoms with Crippen LogP contribution in [0.15, 0.2) is 30.3 Å².